The maximum Gasteiger partial charge on any atom is 0.422 e. The average Bonchev–Trinajstić information content (AvgIpc) is 3.13. The predicted molar refractivity (Wildman–Crippen MR) is 122 cm³/mol. The monoisotopic (exact) mass is 492 g/mol. The predicted octanol–water partition coefficient (Wildman–Crippen LogP) is 4.61. The first-order valence-corrected chi connectivity index (χ1v) is 11.2. The molecule has 2 unspecified atom stereocenters. The van der Waals surface area contributed by atoms with E-state index in [2.05, 4.69) is 5.32 Å². The highest BCUT2D eigenvalue weighted by atomic mass is 19.4. The molecule has 2 aromatic rings. The molecule has 0 spiro atoms. The molecular formula is C25H27F3N2O5. The van der Waals surface area contributed by atoms with Crippen LogP contribution >= 0.6 is 0 Å². The fraction of sp³-hybridized carbons (Fsp3) is 0.400. The van der Waals surface area contributed by atoms with Gasteiger partial charge >= 0.3 is 18.2 Å². The van der Waals surface area contributed by atoms with Crippen LogP contribution in [0.1, 0.15) is 50.2 Å². The Morgan fingerprint density at radius 3 is 2.06 bits per heavy atom. The summed E-state index contributed by atoms with van der Waals surface area (Å²) in [4.78, 5) is 35.5. The normalized spacial score (nSPS) is 15.3. The third-order valence-corrected chi connectivity index (χ3v) is 6.26. The SMILES string of the molecule is CCC(CCC(=O)NC(C)(C(=O)O)C(F)(F)F)NC(=O)OCC1c2ccccc2-c2ccccc21. The number of nitrogens with one attached hydrogen (secondary N) is 2. The van der Waals surface area contributed by atoms with E-state index in [4.69, 9.17) is 9.84 Å². The Kier molecular flexibility index (Phi) is 7.72. The molecule has 0 saturated carbocycles. The Labute approximate surface area is 200 Å². The molecule has 2 atom stereocenters. The van der Waals surface area contributed by atoms with E-state index in [9.17, 15) is 27.6 Å². The van der Waals surface area contributed by atoms with Crippen LogP contribution in [0.2, 0.25) is 0 Å². The van der Waals surface area contributed by atoms with Gasteiger partial charge < -0.3 is 20.5 Å². The minimum Gasteiger partial charge on any atom is -0.479 e. The van der Waals surface area contributed by atoms with Gasteiger partial charge in [-0.05, 0) is 42.0 Å². The zero-order valence-corrected chi connectivity index (χ0v) is 19.3. The Balaban J connectivity index is 1.54. The first kappa shape index (κ1) is 26.1. The largest absolute Gasteiger partial charge is 0.479 e. The second kappa shape index (κ2) is 10.4. The number of fused-ring (bicyclic) bond motifs is 3. The van der Waals surface area contributed by atoms with Crippen LogP contribution in [0.3, 0.4) is 0 Å². The number of hydrogen-bond acceptors (Lipinski definition) is 4. The minimum absolute atomic E-state index is 0.0140. The summed E-state index contributed by atoms with van der Waals surface area (Å²) >= 11 is 0. The summed E-state index contributed by atoms with van der Waals surface area (Å²) in [5, 5.41) is 13.1. The van der Waals surface area contributed by atoms with Gasteiger partial charge in [0.15, 0.2) is 0 Å². The Bertz CT molecular complexity index is 1060. The number of amides is 2. The summed E-state index contributed by atoms with van der Waals surface area (Å²) in [7, 11) is 0. The molecule has 188 valence electrons. The van der Waals surface area contributed by atoms with Crippen molar-refractivity contribution in [1.29, 1.82) is 0 Å². The lowest BCUT2D eigenvalue weighted by atomic mass is 9.98. The van der Waals surface area contributed by atoms with Crippen molar-refractivity contribution in [2.45, 2.75) is 56.8 Å². The fourth-order valence-corrected chi connectivity index (χ4v) is 4.08. The van der Waals surface area contributed by atoms with Crippen LogP contribution in [0.15, 0.2) is 48.5 Å². The molecule has 2 amide bonds. The van der Waals surface area contributed by atoms with Crippen LogP contribution in [0.5, 0.6) is 0 Å². The maximum atomic E-state index is 13.1. The van der Waals surface area contributed by atoms with E-state index in [0.717, 1.165) is 22.3 Å². The van der Waals surface area contributed by atoms with E-state index >= 15 is 0 Å². The van der Waals surface area contributed by atoms with E-state index in [1.54, 1.807) is 6.92 Å². The second-order valence-corrected chi connectivity index (χ2v) is 8.59. The summed E-state index contributed by atoms with van der Waals surface area (Å²) in [5.74, 6) is -3.42. The molecule has 0 bridgehead atoms. The van der Waals surface area contributed by atoms with Crippen molar-refractivity contribution in [3.05, 3.63) is 59.7 Å². The Morgan fingerprint density at radius 2 is 1.57 bits per heavy atom. The van der Waals surface area contributed by atoms with Gasteiger partial charge in [-0.25, -0.2) is 9.59 Å². The van der Waals surface area contributed by atoms with E-state index < -0.39 is 42.1 Å². The first-order chi connectivity index (χ1) is 16.5. The average molecular weight is 492 g/mol. The molecular weight excluding hydrogens is 465 g/mol. The molecule has 0 radical (unpaired) electrons. The number of benzene rings is 2. The highest BCUT2D eigenvalue weighted by molar-refractivity contribution is 5.87. The second-order valence-electron chi connectivity index (χ2n) is 8.59. The van der Waals surface area contributed by atoms with Gasteiger partial charge in [-0.2, -0.15) is 13.2 Å². The van der Waals surface area contributed by atoms with Crippen molar-refractivity contribution in [2.75, 3.05) is 6.61 Å². The lowest BCUT2D eigenvalue weighted by Gasteiger charge is -2.28. The van der Waals surface area contributed by atoms with E-state index in [-0.39, 0.29) is 18.9 Å². The number of carbonyl (C=O) groups excluding carboxylic acids is 2. The van der Waals surface area contributed by atoms with Gasteiger partial charge in [0.1, 0.15) is 6.61 Å². The third kappa shape index (κ3) is 5.58. The quantitative estimate of drug-likeness (QED) is 0.474. The Hall–Kier alpha value is -3.56. The number of alkyl carbamates (subject to hydrolysis) is 1. The maximum absolute atomic E-state index is 13.1. The van der Waals surface area contributed by atoms with Gasteiger partial charge in [-0.15, -0.1) is 0 Å². The van der Waals surface area contributed by atoms with E-state index in [1.807, 2.05) is 48.5 Å². The van der Waals surface area contributed by atoms with Gasteiger partial charge in [-0.1, -0.05) is 55.5 Å². The van der Waals surface area contributed by atoms with Crippen LogP contribution in [-0.4, -0.2) is 47.4 Å². The number of carboxylic acid groups (broad SMARTS) is 1. The van der Waals surface area contributed by atoms with Gasteiger partial charge in [0.05, 0.1) is 0 Å². The van der Waals surface area contributed by atoms with Crippen molar-refractivity contribution >= 4 is 18.0 Å². The molecule has 1 aliphatic rings. The van der Waals surface area contributed by atoms with Crippen molar-refractivity contribution < 1.29 is 37.4 Å². The molecule has 7 nitrogen and oxygen atoms in total. The molecule has 3 rings (SSSR count). The molecule has 3 N–H and O–H groups in total. The topological polar surface area (TPSA) is 105 Å². The molecule has 2 aromatic carbocycles. The van der Waals surface area contributed by atoms with Gasteiger partial charge in [0, 0.05) is 18.4 Å². The molecule has 35 heavy (non-hydrogen) atoms. The molecule has 1 aliphatic carbocycles. The zero-order chi connectivity index (χ0) is 25.8. The Morgan fingerprint density at radius 1 is 1.03 bits per heavy atom. The molecule has 0 aromatic heterocycles. The summed E-state index contributed by atoms with van der Waals surface area (Å²) in [6, 6.07) is 15.2. The van der Waals surface area contributed by atoms with Crippen LogP contribution in [0, 0.1) is 0 Å². The van der Waals surface area contributed by atoms with Crippen LogP contribution < -0.4 is 10.6 Å². The molecule has 0 heterocycles. The molecule has 10 heteroatoms. The van der Waals surface area contributed by atoms with E-state index in [0.29, 0.717) is 13.3 Å². The van der Waals surface area contributed by atoms with Gasteiger partial charge in [0.2, 0.25) is 11.4 Å². The third-order valence-electron chi connectivity index (χ3n) is 6.26. The number of rotatable bonds is 9. The van der Waals surface area contributed by atoms with E-state index in [1.165, 1.54) is 5.32 Å². The smallest absolute Gasteiger partial charge is 0.422 e. The zero-order valence-electron chi connectivity index (χ0n) is 19.3. The number of aliphatic carboxylic acids is 1. The van der Waals surface area contributed by atoms with Crippen LogP contribution in [-0.2, 0) is 14.3 Å². The number of alkyl halides is 3. The van der Waals surface area contributed by atoms with Crippen molar-refractivity contribution in [3.8, 4) is 11.1 Å². The standard InChI is InChI=1S/C25H27F3N2O5/c1-3-15(12-13-21(31)30-24(2,22(32)33)25(26,27)28)29-23(34)35-14-20-18-10-6-4-8-16(18)17-9-5-7-11-19(17)20/h4-11,15,20H,3,12-14H2,1-2H3,(H,29,34)(H,30,31)(H,32,33). The first-order valence-electron chi connectivity index (χ1n) is 11.2. The molecule has 0 fully saturated rings. The number of halogens is 3. The number of ether oxygens (including phenoxy) is 1. The van der Waals surface area contributed by atoms with Crippen molar-refractivity contribution in [2.24, 2.45) is 0 Å². The molecule has 0 saturated heterocycles. The van der Waals surface area contributed by atoms with Gasteiger partial charge in [0.25, 0.3) is 0 Å². The minimum atomic E-state index is -5.17. The summed E-state index contributed by atoms with van der Waals surface area (Å²) in [5.41, 5.74) is 0.878. The lowest BCUT2D eigenvalue weighted by Crippen LogP contribution is -2.62. The highest BCUT2D eigenvalue weighted by Crippen LogP contribution is 2.44. The summed E-state index contributed by atoms with van der Waals surface area (Å²) in [6.07, 6.45) is -5.86. The number of carboxylic acids is 1. The summed E-state index contributed by atoms with van der Waals surface area (Å²) in [6.45, 7) is 2.22. The van der Waals surface area contributed by atoms with Gasteiger partial charge in [-0.3, -0.25) is 4.79 Å². The van der Waals surface area contributed by atoms with Crippen molar-refractivity contribution in [3.63, 3.8) is 0 Å². The fourth-order valence-electron chi connectivity index (χ4n) is 4.08. The van der Waals surface area contributed by atoms with Crippen molar-refractivity contribution in [1.82, 2.24) is 10.6 Å². The molecule has 0 aliphatic heterocycles. The number of hydrogen-bond donors (Lipinski definition) is 3. The highest BCUT2D eigenvalue weighted by Gasteiger charge is 2.58. The van der Waals surface area contributed by atoms with Crippen LogP contribution in [0.4, 0.5) is 18.0 Å². The number of carbonyl (C=O) groups is 3. The lowest BCUT2D eigenvalue weighted by molar-refractivity contribution is -0.207. The summed E-state index contributed by atoms with van der Waals surface area (Å²) < 4.78 is 44.7. The van der Waals surface area contributed by atoms with Crippen LogP contribution in [0.25, 0.3) is 11.1 Å².